The maximum Gasteiger partial charge on any atom is 0.202 e. The topological polar surface area (TPSA) is 42.1 Å². The number of aldehydes is 1. The molecule has 1 aromatic carbocycles. The van der Waals surface area contributed by atoms with Gasteiger partial charge >= 0.3 is 0 Å². The van der Waals surface area contributed by atoms with E-state index in [4.69, 9.17) is 4.74 Å². The van der Waals surface area contributed by atoms with E-state index in [1.54, 1.807) is 7.11 Å². The standard InChI is InChI=1S/C11H11NO2/c1-7-3-4-10-8(5-7)9(6-13)11(12-10)14-2/h3-6,12H,1-2H3. The number of aromatic nitrogens is 1. The number of rotatable bonds is 2. The van der Waals surface area contributed by atoms with E-state index in [2.05, 4.69) is 4.98 Å². The first kappa shape index (κ1) is 8.81. The molecule has 1 aromatic heterocycles. The summed E-state index contributed by atoms with van der Waals surface area (Å²) >= 11 is 0. The fraction of sp³-hybridized carbons (Fsp3) is 0.182. The molecule has 0 amide bonds. The number of ether oxygens (including phenoxy) is 1. The third-order valence-corrected chi connectivity index (χ3v) is 2.28. The first-order valence-electron chi connectivity index (χ1n) is 4.37. The summed E-state index contributed by atoms with van der Waals surface area (Å²) in [6.07, 6.45) is 0.817. The van der Waals surface area contributed by atoms with Crippen LogP contribution in [0.1, 0.15) is 15.9 Å². The molecule has 0 aliphatic heterocycles. The molecule has 0 radical (unpaired) electrons. The van der Waals surface area contributed by atoms with Gasteiger partial charge in [-0.2, -0.15) is 0 Å². The van der Waals surface area contributed by atoms with E-state index in [1.165, 1.54) is 0 Å². The number of methoxy groups -OCH3 is 1. The lowest BCUT2D eigenvalue weighted by Crippen LogP contribution is -1.86. The van der Waals surface area contributed by atoms with Crippen LogP contribution in [0.5, 0.6) is 5.88 Å². The van der Waals surface area contributed by atoms with Gasteiger partial charge in [0.15, 0.2) is 6.29 Å². The largest absolute Gasteiger partial charge is 0.482 e. The molecule has 2 rings (SSSR count). The molecule has 0 bridgehead atoms. The lowest BCUT2D eigenvalue weighted by molar-refractivity contribution is 0.112. The molecular formula is C11H11NO2. The van der Waals surface area contributed by atoms with Gasteiger partial charge in [-0.25, -0.2) is 0 Å². The van der Waals surface area contributed by atoms with Crippen LogP contribution in [-0.4, -0.2) is 18.4 Å². The highest BCUT2D eigenvalue weighted by Gasteiger charge is 2.10. The summed E-state index contributed by atoms with van der Waals surface area (Å²) in [5.41, 5.74) is 2.64. The molecule has 0 atom stereocenters. The summed E-state index contributed by atoms with van der Waals surface area (Å²) in [5.74, 6) is 0.528. The van der Waals surface area contributed by atoms with Crippen molar-refractivity contribution < 1.29 is 9.53 Å². The van der Waals surface area contributed by atoms with Gasteiger partial charge in [-0.1, -0.05) is 11.6 Å². The van der Waals surface area contributed by atoms with E-state index < -0.39 is 0 Å². The Morgan fingerprint density at radius 3 is 2.86 bits per heavy atom. The molecule has 0 aliphatic rings. The van der Waals surface area contributed by atoms with Crippen LogP contribution in [0.15, 0.2) is 18.2 Å². The fourth-order valence-corrected chi connectivity index (χ4v) is 1.58. The third kappa shape index (κ3) is 1.18. The number of aromatic amines is 1. The minimum Gasteiger partial charge on any atom is -0.482 e. The van der Waals surface area contributed by atoms with E-state index in [-0.39, 0.29) is 0 Å². The second kappa shape index (κ2) is 3.18. The lowest BCUT2D eigenvalue weighted by Gasteiger charge is -1.94. The van der Waals surface area contributed by atoms with Crippen LogP contribution in [0.3, 0.4) is 0 Å². The minimum atomic E-state index is 0.528. The number of nitrogens with one attached hydrogen (secondary N) is 1. The lowest BCUT2D eigenvalue weighted by atomic mass is 10.1. The highest BCUT2D eigenvalue weighted by molar-refractivity contribution is 6.00. The number of benzene rings is 1. The monoisotopic (exact) mass is 189 g/mol. The Labute approximate surface area is 81.7 Å². The zero-order chi connectivity index (χ0) is 10.1. The Bertz CT molecular complexity index is 485. The minimum absolute atomic E-state index is 0.528. The van der Waals surface area contributed by atoms with Crippen molar-refractivity contribution >= 4 is 17.2 Å². The van der Waals surface area contributed by atoms with Gasteiger partial charge < -0.3 is 9.72 Å². The van der Waals surface area contributed by atoms with Crippen LogP contribution >= 0.6 is 0 Å². The molecular weight excluding hydrogens is 178 g/mol. The van der Waals surface area contributed by atoms with Gasteiger partial charge in [-0.3, -0.25) is 4.79 Å². The molecule has 14 heavy (non-hydrogen) atoms. The molecule has 0 fully saturated rings. The van der Waals surface area contributed by atoms with Gasteiger partial charge in [0.05, 0.1) is 12.7 Å². The maximum absolute atomic E-state index is 10.9. The maximum atomic E-state index is 10.9. The summed E-state index contributed by atoms with van der Waals surface area (Å²) in [5, 5.41) is 0.914. The predicted octanol–water partition coefficient (Wildman–Crippen LogP) is 2.30. The van der Waals surface area contributed by atoms with Crippen molar-refractivity contribution in [2.75, 3.05) is 7.11 Å². The number of hydrogen-bond donors (Lipinski definition) is 1. The summed E-state index contributed by atoms with van der Waals surface area (Å²) in [6, 6.07) is 5.91. The van der Waals surface area contributed by atoms with Gasteiger partial charge in [0.2, 0.25) is 5.88 Å². The highest BCUT2D eigenvalue weighted by atomic mass is 16.5. The number of carbonyl (C=O) groups excluding carboxylic acids is 1. The molecule has 0 saturated heterocycles. The normalized spacial score (nSPS) is 10.4. The molecule has 0 saturated carbocycles. The summed E-state index contributed by atoms with van der Waals surface area (Å²) in [7, 11) is 1.55. The number of aryl methyl sites for hydroxylation is 1. The van der Waals surface area contributed by atoms with Crippen LogP contribution in [0, 0.1) is 6.92 Å². The van der Waals surface area contributed by atoms with E-state index in [0.717, 1.165) is 22.8 Å². The Kier molecular flexibility index (Phi) is 2.00. The highest BCUT2D eigenvalue weighted by Crippen LogP contribution is 2.26. The number of hydrogen-bond acceptors (Lipinski definition) is 2. The first-order chi connectivity index (χ1) is 6.76. The van der Waals surface area contributed by atoms with Crippen LogP contribution in [0.4, 0.5) is 0 Å². The van der Waals surface area contributed by atoms with Gasteiger partial charge in [-0.15, -0.1) is 0 Å². The van der Waals surface area contributed by atoms with Gasteiger partial charge in [0.25, 0.3) is 0 Å². The molecule has 3 heteroatoms. The second-order valence-corrected chi connectivity index (χ2v) is 3.24. The molecule has 1 N–H and O–H groups in total. The van der Waals surface area contributed by atoms with Gasteiger partial charge in [-0.05, 0) is 19.1 Å². The Balaban J connectivity index is 2.81. The molecule has 0 spiro atoms. The molecule has 72 valence electrons. The predicted molar refractivity (Wildman–Crippen MR) is 55.0 cm³/mol. The molecule has 0 aliphatic carbocycles. The molecule has 2 aromatic rings. The van der Waals surface area contributed by atoms with Crippen molar-refractivity contribution in [2.24, 2.45) is 0 Å². The van der Waals surface area contributed by atoms with Crippen LogP contribution in [-0.2, 0) is 0 Å². The zero-order valence-corrected chi connectivity index (χ0v) is 8.13. The first-order valence-corrected chi connectivity index (χ1v) is 4.37. The van der Waals surface area contributed by atoms with E-state index in [1.807, 2.05) is 25.1 Å². The van der Waals surface area contributed by atoms with Crippen molar-refractivity contribution in [3.8, 4) is 5.88 Å². The van der Waals surface area contributed by atoms with Crippen molar-refractivity contribution in [2.45, 2.75) is 6.92 Å². The van der Waals surface area contributed by atoms with Crippen molar-refractivity contribution in [1.29, 1.82) is 0 Å². The van der Waals surface area contributed by atoms with Crippen LogP contribution in [0.25, 0.3) is 10.9 Å². The fourth-order valence-electron chi connectivity index (χ4n) is 1.58. The van der Waals surface area contributed by atoms with Gasteiger partial charge in [0.1, 0.15) is 0 Å². The van der Waals surface area contributed by atoms with E-state index in [9.17, 15) is 4.79 Å². The zero-order valence-electron chi connectivity index (χ0n) is 8.13. The third-order valence-electron chi connectivity index (χ3n) is 2.28. The smallest absolute Gasteiger partial charge is 0.202 e. The Morgan fingerprint density at radius 2 is 2.21 bits per heavy atom. The SMILES string of the molecule is COc1[nH]c2ccc(C)cc2c1C=O. The molecule has 0 unspecified atom stereocenters. The number of H-pyrrole nitrogens is 1. The summed E-state index contributed by atoms with van der Waals surface area (Å²) < 4.78 is 5.07. The molecule has 1 heterocycles. The second-order valence-electron chi connectivity index (χ2n) is 3.24. The number of carbonyl (C=O) groups is 1. The van der Waals surface area contributed by atoms with Crippen LogP contribution in [0.2, 0.25) is 0 Å². The number of fused-ring (bicyclic) bond motifs is 1. The van der Waals surface area contributed by atoms with Crippen LogP contribution < -0.4 is 4.74 Å². The van der Waals surface area contributed by atoms with E-state index >= 15 is 0 Å². The van der Waals surface area contributed by atoms with E-state index in [0.29, 0.717) is 11.4 Å². The van der Waals surface area contributed by atoms with Gasteiger partial charge in [0, 0.05) is 10.9 Å². The Morgan fingerprint density at radius 1 is 1.43 bits per heavy atom. The van der Waals surface area contributed by atoms with Crippen molar-refractivity contribution in [3.05, 3.63) is 29.3 Å². The molecule has 3 nitrogen and oxygen atoms in total. The van der Waals surface area contributed by atoms with Crippen molar-refractivity contribution in [1.82, 2.24) is 4.98 Å². The average Bonchev–Trinajstić information content (AvgIpc) is 2.54. The average molecular weight is 189 g/mol. The summed E-state index contributed by atoms with van der Waals surface area (Å²) in [6.45, 7) is 1.99. The Hall–Kier alpha value is -1.77. The van der Waals surface area contributed by atoms with Crippen molar-refractivity contribution in [3.63, 3.8) is 0 Å². The summed E-state index contributed by atoms with van der Waals surface area (Å²) in [4.78, 5) is 13.9. The quantitative estimate of drug-likeness (QED) is 0.736.